The molecule has 1 amide bonds. The molecular weight excluding hydrogens is 424 g/mol. The molecule has 1 N–H and O–H groups in total. The molecule has 0 heterocycles. The molecule has 5 nitrogen and oxygen atoms in total. The Morgan fingerprint density at radius 2 is 1.62 bits per heavy atom. The Morgan fingerprint density at radius 3 is 2.44 bits per heavy atom. The molecule has 0 aromatic heterocycles. The van der Waals surface area contributed by atoms with Gasteiger partial charge in [-0.05, 0) is 47.5 Å². The van der Waals surface area contributed by atoms with E-state index in [0.29, 0.717) is 29.2 Å². The number of nitrogens with zero attached hydrogens (tertiary/aromatic N) is 1. The Kier molecular flexibility index (Phi) is 6.81. The van der Waals surface area contributed by atoms with Gasteiger partial charge in [0.25, 0.3) is 5.91 Å². The van der Waals surface area contributed by atoms with Crippen LogP contribution in [0.1, 0.15) is 28.4 Å². The highest BCUT2D eigenvalue weighted by atomic mass is 16.5. The number of para-hydroxylation sites is 2. The Labute approximate surface area is 197 Å². The van der Waals surface area contributed by atoms with E-state index in [1.807, 2.05) is 42.5 Å². The molecule has 4 rings (SSSR count). The normalized spacial score (nSPS) is 11.0. The van der Waals surface area contributed by atoms with Crippen LogP contribution < -0.4 is 10.1 Å². The van der Waals surface area contributed by atoms with E-state index in [4.69, 9.17) is 4.74 Å². The third-order valence-corrected chi connectivity index (χ3v) is 5.40. The topological polar surface area (TPSA) is 79.2 Å². The fourth-order valence-corrected chi connectivity index (χ4v) is 3.70. The quantitative estimate of drug-likeness (QED) is 0.209. The van der Waals surface area contributed by atoms with Gasteiger partial charge in [-0.2, -0.15) is 5.26 Å². The molecule has 4 aromatic rings. The number of hydrogen-bond donors (Lipinski definition) is 1. The second-order valence-corrected chi connectivity index (χ2v) is 7.69. The zero-order chi connectivity index (χ0) is 23.9. The SMILES string of the molecule is CC(=O)c1ccccc1NC(=O)/C(C#N)=C\c1ccccc1OCc1cccc2ccccc12. The fraction of sp³-hybridized carbons (Fsp3) is 0.0690. The number of fused-ring (bicyclic) bond motifs is 1. The van der Waals surface area contributed by atoms with Crippen molar-refractivity contribution in [3.05, 3.63) is 113 Å². The van der Waals surface area contributed by atoms with Gasteiger partial charge in [0.15, 0.2) is 5.78 Å². The van der Waals surface area contributed by atoms with E-state index in [1.54, 1.807) is 36.4 Å². The van der Waals surface area contributed by atoms with Gasteiger partial charge in [0.1, 0.15) is 24.0 Å². The van der Waals surface area contributed by atoms with Gasteiger partial charge in [0, 0.05) is 11.1 Å². The second kappa shape index (κ2) is 10.3. The number of carbonyl (C=O) groups is 2. The zero-order valence-electron chi connectivity index (χ0n) is 18.6. The fourth-order valence-electron chi connectivity index (χ4n) is 3.70. The van der Waals surface area contributed by atoms with Crippen LogP contribution in [0.3, 0.4) is 0 Å². The number of amides is 1. The van der Waals surface area contributed by atoms with Crippen molar-refractivity contribution < 1.29 is 14.3 Å². The van der Waals surface area contributed by atoms with E-state index in [-0.39, 0.29) is 11.4 Å². The van der Waals surface area contributed by atoms with Crippen molar-refractivity contribution in [1.82, 2.24) is 0 Å². The van der Waals surface area contributed by atoms with Gasteiger partial charge in [-0.1, -0.05) is 72.8 Å². The highest BCUT2D eigenvalue weighted by Crippen LogP contribution is 2.25. The number of rotatable bonds is 7. The van der Waals surface area contributed by atoms with E-state index >= 15 is 0 Å². The summed E-state index contributed by atoms with van der Waals surface area (Å²) in [5, 5.41) is 14.6. The van der Waals surface area contributed by atoms with Gasteiger partial charge in [-0.25, -0.2) is 0 Å². The maximum absolute atomic E-state index is 12.8. The molecule has 4 aromatic carbocycles. The largest absolute Gasteiger partial charge is 0.488 e. The molecule has 34 heavy (non-hydrogen) atoms. The number of benzene rings is 4. The Hall–Kier alpha value is -4.69. The zero-order valence-corrected chi connectivity index (χ0v) is 18.6. The van der Waals surface area contributed by atoms with Crippen LogP contribution in [0.15, 0.2) is 96.6 Å². The van der Waals surface area contributed by atoms with Gasteiger partial charge in [-0.3, -0.25) is 9.59 Å². The number of carbonyl (C=O) groups excluding carboxylic acids is 2. The van der Waals surface area contributed by atoms with Gasteiger partial charge < -0.3 is 10.1 Å². The molecule has 0 saturated carbocycles. The molecule has 0 aliphatic carbocycles. The maximum Gasteiger partial charge on any atom is 0.266 e. The third kappa shape index (κ3) is 5.03. The van der Waals surface area contributed by atoms with Crippen LogP contribution in [0.25, 0.3) is 16.8 Å². The third-order valence-electron chi connectivity index (χ3n) is 5.40. The van der Waals surface area contributed by atoms with Gasteiger partial charge in [0.2, 0.25) is 0 Å². The van der Waals surface area contributed by atoms with Crippen LogP contribution in [-0.4, -0.2) is 11.7 Å². The van der Waals surface area contributed by atoms with Gasteiger partial charge in [-0.15, -0.1) is 0 Å². The van der Waals surface area contributed by atoms with Gasteiger partial charge in [0.05, 0.1) is 5.69 Å². The van der Waals surface area contributed by atoms with Crippen LogP contribution in [0.2, 0.25) is 0 Å². The summed E-state index contributed by atoms with van der Waals surface area (Å²) in [6.07, 6.45) is 1.49. The van der Waals surface area contributed by atoms with Crippen LogP contribution in [0.4, 0.5) is 5.69 Å². The van der Waals surface area contributed by atoms with Crippen molar-refractivity contribution in [2.75, 3.05) is 5.32 Å². The van der Waals surface area contributed by atoms with Crippen molar-refractivity contribution in [2.45, 2.75) is 13.5 Å². The maximum atomic E-state index is 12.8. The summed E-state index contributed by atoms with van der Waals surface area (Å²) in [6.45, 7) is 1.77. The number of nitrogens with one attached hydrogen (secondary N) is 1. The molecule has 0 radical (unpaired) electrons. The minimum Gasteiger partial charge on any atom is -0.488 e. The molecule has 0 aliphatic heterocycles. The first-order valence-electron chi connectivity index (χ1n) is 10.8. The number of anilines is 1. The smallest absolute Gasteiger partial charge is 0.266 e. The number of hydrogen-bond acceptors (Lipinski definition) is 4. The van der Waals surface area contributed by atoms with Crippen molar-refractivity contribution >= 4 is 34.2 Å². The predicted octanol–water partition coefficient (Wildman–Crippen LogP) is 6.17. The summed E-state index contributed by atoms with van der Waals surface area (Å²) in [6, 6.07) is 30.0. The minimum absolute atomic E-state index is 0.0976. The standard InChI is InChI=1S/C29H22N2O3/c1-20(32)25-13-5-6-15-27(25)31-29(33)24(18-30)17-22-10-3-7-16-28(22)34-19-23-12-8-11-21-9-2-4-14-26(21)23/h2-17H,19H2,1H3,(H,31,33)/b24-17-. The molecular formula is C29H22N2O3. The van der Waals surface area contributed by atoms with Gasteiger partial charge >= 0.3 is 0 Å². The van der Waals surface area contributed by atoms with E-state index in [1.165, 1.54) is 13.0 Å². The summed E-state index contributed by atoms with van der Waals surface area (Å²) in [4.78, 5) is 24.7. The number of ether oxygens (including phenoxy) is 1. The van der Waals surface area contributed by atoms with Crippen LogP contribution in [-0.2, 0) is 11.4 Å². The van der Waals surface area contributed by atoms with Crippen LogP contribution >= 0.6 is 0 Å². The molecule has 0 unspecified atom stereocenters. The van der Waals surface area contributed by atoms with Crippen molar-refractivity contribution in [3.8, 4) is 11.8 Å². The summed E-state index contributed by atoms with van der Waals surface area (Å²) in [5.41, 5.74) is 2.29. The van der Waals surface area contributed by atoms with E-state index in [2.05, 4.69) is 23.5 Å². The van der Waals surface area contributed by atoms with Crippen molar-refractivity contribution in [3.63, 3.8) is 0 Å². The average Bonchev–Trinajstić information content (AvgIpc) is 2.86. The highest BCUT2D eigenvalue weighted by molar-refractivity contribution is 6.12. The lowest BCUT2D eigenvalue weighted by Crippen LogP contribution is -2.15. The highest BCUT2D eigenvalue weighted by Gasteiger charge is 2.14. The molecule has 0 fully saturated rings. The monoisotopic (exact) mass is 446 g/mol. The minimum atomic E-state index is -0.597. The molecule has 0 saturated heterocycles. The number of Topliss-reactive ketones (excluding diaryl/α,β-unsaturated/α-hetero) is 1. The average molecular weight is 447 g/mol. The summed E-state index contributed by atoms with van der Waals surface area (Å²) in [5.74, 6) is -0.217. The van der Waals surface area contributed by atoms with Crippen LogP contribution in [0, 0.1) is 11.3 Å². The van der Waals surface area contributed by atoms with E-state index in [9.17, 15) is 14.9 Å². The summed E-state index contributed by atoms with van der Waals surface area (Å²) >= 11 is 0. The first-order chi connectivity index (χ1) is 16.6. The Morgan fingerprint density at radius 1 is 0.912 bits per heavy atom. The first kappa shape index (κ1) is 22.5. The van der Waals surface area contributed by atoms with Crippen molar-refractivity contribution in [1.29, 1.82) is 5.26 Å². The van der Waals surface area contributed by atoms with E-state index < -0.39 is 5.91 Å². The number of nitriles is 1. The predicted molar refractivity (Wildman–Crippen MR) is 133 cm³/mol. The molecule has 0 atom stereocenters. The molecule has 166 valence electrons. The first-order valence-corrected chi connectivity index (χ1v) is 10.8. The Bertz CT molecular complexity index is 1440. The number of ketones is 1. The lowest BCUT2D eigenvalue weighted by Gasteiger charge is -2.12. The van der Waals surface area contributed by atoms with Crippen LogP contribution in [0.5, 0.6) is 5.75 Å². The summed E-state index contributed by atoms with van der Waals surface area (Å²) in [7, 11) is 0. The lowest BCUT2D eigenvalue weighted by atomic mass is 10.1. The molecule has 5 heteroatoms. The van der Waals surface area contributed by atoms with Crippen molar-refractivity contribution in [2.24, 2.45) is 0 Å². The molecule has 0 bridgehead atoms. The second-order valence-electron chi connectivity index (χ2n) is 7.69. The van der Waals surface area contributed by atoms with E-state index in [0.717, 1.165) is 16.3 Å². The lowest BCUT2D eigenvalue weighted by molar-refractivity contribution is -0.112. The Balaban J connectivity index is 1.57. The molecule has 0 spiro atoms. The summed E-state index contributed by atoms with van der Waals surface area (Å²) < 4.78 is 6.09. The molecule has 0 aliphatic rings.